The summed E-state index contributed by atoms with van der Waals surface area (Å²) in [5.74, 6) is 0.494. The van der Waals surface area contributed by atoms with Crippen molar-refractivity contribution in [3.05, 3.63) is 0 Å². The summed E-state index contributed by atoms with van der Waals surface area (Å²) in [5, 5.41) is 14.6. The van der Waals surface area contributed by atoms with Crippen molar-refractivity contribution in [2.75, 3.05) is 46.4 Å². The molecule has 2 atom stereocenters. The van der Waals surface area contributed by atoms with E-state index in [1.165, 1.54) is 0 Å². The fourth-order valence-corrected chi connectivity index (χ4v) is 2.46. The molecule has 1 fully saturated rings. The molecule has 0 aliphatic carbocycles. The van der Waals surface area contributed by atoms with Gasteiger partial charge >= 0.3 is 6.03 Å². The Balaban J connectivity index is 2.41. The molecule has 0 aromatic heterocycles. The molecule has 1 aliphatic heterocycles. The van der Waals surface area contributed by atoms with Crippen LogP contribution >= 0.6 is 0 Å². The Labute approximate surface area is 122 Å². The molecule has 0 saturated carbocycles. The van der Waals surface area contributed by atoms with Gasteiger partial charge in [0.1, 0.15) is 0 Å². The van der Waals surface area contributed by atoms with Crippen molar-refractivity contribution in [1.29, 1.82) is 0 Å². The lowest BCUT2D eigenvalue weighted by Crippen LogP contribution is -2.55. The zero-order chi connectivity index (χ0) is 15.1. The van der Waals surface area contributed by atoms with E-state index >= 15 is 0 Å². The van der Waals surface area contributed by atoms with Crippen LogP contribution in [0.25, 0.3) is 0 Å². The summed E-state index contributed by atoms with van der Waals surface area (Å²) in [6, 6.07) is -0.0543. The molecule has 2 amide bonds. The van der Waals surface area contributed by atoms with E-state index in [4.69, 9.17) is 5.11 Å². The number of piperazine rings is 1. The van der Waals surface area contributed by atoms with E-state index in [0.717, 1.165) is 26.2 Å². The van der Waals surface area contributed by atoms with E-state index in [1.54, 1.807) is 6.92 Å². The minimum absolute atomic E-state index is 0.0422. The topological polar surface area (TPSA) is 67.8 Å². The van der Waals surface area contributed by atoms with Crippen LogP contribution in [0.1, 0.15) is 20.8 Å². The second kappa shape index (κ2) is 8.44. The van der Waals surface area contributed by atoms with Gasteiger partial charge in [0.25, 0.3) is 0 Å². The predicted octanol–water partition coefficient (Wildman–Crippen LogP) is -0.0616. The first-order valence-corrected chi connectivity index (χ1v) is 7.51. The number of carbonyl (C=O) groups excluding carboxylic acids is 1. The average molecular weight is 286 g/mol. The lowest BCUT2D eigenvalue weighted by atomic mass is 10.0. The van der Waals surface area contributed by atoms with Gasteiger partial charge in [0.05, 0.1) is 12.6 Å². The highest BCUT2D eigenvalue weighted by Gasteiger charge is 2.25. The number of nitrogens with one attached hydrogen (secondary N) is 2. The van der Waals surface area contributed by atoms with Crippen molar-refractivity contribution in [3.63, 3.8) is 0 Å². The number of hydrogen-bond donors (Lipinski definition) is 3. The molecule has 1 saturated heterocycles. The van der Waals surface area contributed by atoms with Gasteiger partial charge in [-0.15, -0.1) is 0 Å². The predicted molar refractivity (Wildman–Crippen MR) is 80.8 cm³/mol. The van der Waals surface area contributed by atoms with E-state index in [2.05, 4.69) is 41.3 Å². The van der Waals surface area contributed by atoms with Crippen molar-refractivity contribution >= 4 is 6.03 Å². The molecule has 0 aromatic carbocycles. The molecule has 0 bridgehead atoms. The monoisotopic (exact) mass is 286 g/mol. The number of hydrogen-bond acceptors (Lipinski definition) is 4. The van der Waals surface area contributed by atoms with Crippen LogP contribution in [0.3, 0.4) is 0 Å². The molecule has 0 radical (unpaired) electrons. The highest BCUT2D eigenvalue weighted by atomic mass is 16.3. The number of amides is 2. The molecule has 1 aliphatic rings. The fraction of sp³-hybridized carbons (Fsp3) is 0.929. The Kier molecular flexibility index (Phi) is 7.26. The number of likely N-dealkylation sites (N-methyl/N-ethyl adjacent to an activating group) is 1. The summed E-state index contributed by atoms with van der Waals surface area (Å²) >= 11 is 0. The Bertz CT molecular complexity index is 291. The molecular weight excluding hydrogens is 256 g/mol. The molecule has 2 unspecified atom stereocenters. The summed E-state index contributed by atoms with van der Waals surface area (Å²) in [6.07, 6.45) is 0. The molecular formula is C14H30N4O2. The van der Waals surface area contributed by atoms with Crippen LogP contribution in [0.15, 0.2) is 0 Å². The van der Waals surface area contributed by atoms with Gasteiger partial charge < -0.3 is 20.6 Å². The van der Waals surface area contributed by atoms with Crippen LogP contribution in [-0.4, -0.2) is 79.4 Å². The van der Waals surface area contributed by atoms with E-state index < -0.39 is 0 Å². The lowest BCUT2D eigenvalue weighted by molar-refractivity contribution is 0.0886. The van der Waals surface area contributed by atoms with Crippen molar-refractivity contribution in [3.8, 4) is 0 Å². The Morgan fingerprint density at radius 2 is 1.80 bits per heavy atom. The number of rotatable bonds is 6. The van der Waals surface area contributed by atoms with Gasteiger partial charge in [-0.25, -0.2) is 4.79 Å². The first kappa shape index (κ1) is 17.2. The number of urea groups is 1. The SMILES string of the molecule is CC(CO)NC(=O)NCC(C(C)C)N1CCN(C)CC1. The van der Waals surface area contributed by atoms with Gasteiger partial charge in [-0.3, -0.25) is 4.90 Å². The first-order valence-electron chi connectivity index (χ1n) is 7.51. The third kappa shape index (κ3) is 5.64. The van der Waals surface area contributed by atoms with Gasteiger partial charge in [0, 0.05) is 38.8 Å². The van der Waals surface area contributed by atoms with E-state index in [9.17, 15) is 4.79 Å². The minimum Gasteiger partial charge on any atom is -0.394 e. The maximum Gasteiger partial charge on any atom is 0.315 e. The number of carbonyl (C=O) groups is 1. The summed E-state index contributed by atoms with van der Waals surface area (Å²) in [4.78, 5) is 16.5. The molecule has 6 heteroatoms. The largest absolute Gasteiger partial charge is 0.394 e. The van der Waals surface area contributed by atoms with E-state index in [-0.39, 0.29) is 18.7 Å². The van der Waals surface area contributed by atoms with Crippen molar-refractivity contribution in [1.82, 2.24) is 20.4 Å². The van der Waals surface area contributed by atoms with Crippen LogP contribution < -0.4 is 10.6 Å². The quantitative estimate of drug-likeness (QED) is 0.640. The molecule has 0 aromatic rings. The van der Waals surface area contributed by atoms with Crippen LogP contribution in [0.5, 0.6) is 0 Å². The number of aliphatic hydroxyl groups excluding tert-OH is 1. The summed E-state index contributed by atoms with van der Waals surface area (Å²) in [5.41, 5.74) is 0. The standard InChI is InChI=1S/C14H30N4O2/c1-11(2)13(18-7-5-17(4)6-8-18)9-15-14(20)16-12(3)10-19/h11-13,19H,5-10H2,1-4H3,(H2,15,16,20). The number of aliphatic hydroxyl groups is 1. The highest BCUT2D eigenvalue weighted by molar-refractivity contribution is 5.74. The van der Waals surface area contributed by atoms with Crippen molar-refractivity contribution < 1.29 is 9.90 Å². The Morgan fingerprint density at radius 3 is 2.30 bits per heavy atom. The first-order chi connectivity index (χ1) is 9.43. The molecule has 1 heterocycles. The second-order valence-electron chi connectivity index (χ2n) is 6.09. The van der Waals surface area contributed by atoms with Gasteiger partial charge in [-0.2, -0.15) is 0 Å². The molecule has 1 rings (SSSR count). The van der Waals surface area contributed by atoms with Gasteiger partial charge in [-0.05, 0) is 19.9 Å². The third-order valence-corrected chi connectivity index (χ3v) is 3.90. The zero-order valence-electron chi connectivity index (χ0n) is 13.2. The maximum absolute atomic E-state index is 11.7. The minimum atomic E-state index is -0.212. The summed E-state index contributed by atoms with van der Waals surface area (Å²) in [6.45, 7) is 11.0. The smallest absolute Gasteiger partial charge is 0.315 e. The van der Waals surface area contributed by atoms with Crippen LogP contribution in [0.2, 0.25) is 0 Å². The lowest BCUT2D eigenvalue weighted by Gasteiger charge is -2.39. The maximum atomic E-state index is 11.7. The Morgan fingerprint density at radius 1 is 1.20 bits per heavy atom. The van der Waals surface area contributed by atoms with Crippen LogP contribution in [-0.2, 0) is 0 Å². The van der Waals surface area contributed by atoms with Crippen LogP contribution in [0.4, 0.5) is 4.79 Å². The fourth-order valence-electron chi connectivity index (χ4n) is 2.46. The summed E-state index contributed by atoms with van der Waals surface area (Å²) < 4.78 is 0. The van der Waals surface area contributed by atoms with Crippen molar-refractivity contribution in [2.24, 2.45) is 5.92 Å². The molecule has 118 valence electrons. The van der Waals surface area contributed by atoms with E-state index in [1.807, 2.05) is 0 Å². The van der Waals surface area contributed by atoms with E-state index in [0.29, 0.717) is 18.5 Å². The van der Waals surface area contributed by atoms with Gasteiger partial charge in [0.2, 0.25) is 0 Å². The van der Waals surface area contributed by atoms with Gasteiger partial charge in [-0.1, -0.05) is 13.8 Å². The molecule has 20 heavy (non-hydrogen) atoms. The molecule has 3 N–H and O–H groups in total. The number of nitrogens with zero attached hydrogens (tertiary/aromatic N) is 2. The van der Waals surface area contributed by atoms with Crippen molar-refractivity contribution in [2.45, 2.75) is 32.9 Å². The van der Waals surface area contributed by atoms with Gasteiger partial charge in [0.15, 0.2) is 0 Å². The molecule has 6 nitrogen and oxygen atoms in total. The third-order valence-electron chi connectivity index (χ3n) is 3.90. The average Bonchev–Trinajstić information content (AvgIpc) is 2.40. The normalized spacial score (nSPS) is 20.7. The highest BCUT2D eigenvalue weighted by Crippen LogP contribution is 2.12. The van der Waals surface area contributed by atoms with Crippen LogP contribution in [0, 0.1) is 5.92 Å². The molecule has 0 spiro atoms. The second-order valence-corrected chi connectivity index (χ2v) is 6.09. The zero-order valence-corrected chi connectivity index (χ0v) is 13.2. The summed E-state index contributed by atoms with van der Waals surface area (Å²) in [7, 11) is 2.14. The Hall–Kier alpha value is -0.850.